The van der Waals surface area contributed by atoms with Crippen LogP contribution in [0.5, 0.6) is 0 Å². The van der Waals surface area contributed by atoms with Crippen molar-refractivity contribution in [2.75, 3.05) is 19.6 Å². The molecule has 0 aromatic carbocycles. The van der Waals surface area contributed by atoms with Crippen LogP contribution < -0.4 is 5.32 Å². The van der Waals surface area contributed by atoms with E-state index in [4.69, 9.17) is 4.52 Å². The highest BCUT2D eigenvalue weighted by Gasteiger charge is 2.52. The Labute approximate surface area is 163 Å². The molecular weight excluding hydrogens is 362 g/mol. The largest absolute Gasteiger partial charge is 0.340 e. The van der Waals surface area contributed by atoms with Gasteiger partial charge in [0.25, 0.3) is 5.91 Å². The number of aryl methyl sites for hydroxylation is 1. The molecule has 4 amide bonds. The highest BCUT2D eigenvalue weighted by atomic mass is 16.5. The summed E-state index contributed by atoms with van der Waals surface area (Å²) in [5.41, 5.74) is -0.810. The van der Waals surface area contributed by atoms with Gasteiger partial charge in [0.05, 0.1) is 5.92 Å². The van der Waals surface area contributed by atoms with Crippen molar-refractivity contribution < 1.29 is 18.9 Å². The number of urea groups is 1. The molecule has 0 radical (unpaired) electrons. The predicted octanol–water partition coefficient (Wildman–Crippen LogP) is 1.58. The van der Waals surface area contributed by atoms with E-state index in [1.165, 1.54) is 0 Å². The standard InChI is InChI=1S/C19H27N5O4/c1-12-5-7-19(8-6-12)17(26)24(18(27)21-19)11-15(25)23-9-3-4-14(10-23)16-20-13(2)22-28-16/h12,14H,3-11H2,1-2H3,(H,21,27). The minimum Gasteiger partial charge on any atom is -0.340 e. The second kappa shape index (κ2) is 7.18. The summed E-state index contributed by atoms with van der Waals surface area (Å²) in [6, 6.07) is -0.450. The molecule has 1 N–H and O–H groups in total. The van der Waals surface area contributed by atoms with Crippen LogP contribution in [-0.4, -0.2) is 63.0 Å². The Bertz CT molecular complexity index is 783. The van der Waals surface area contributed by atoms with Gasteiger partial charge in [-0.3, -0.25) is 14.5 Å². The molecule has 2 saturated heterocycles. The number of amides is 4. The van der Waals surface area contributed by atoms with Crippen LogP contribution >= 0.6 is 0 Å². The van der Waals surface area contributed by atoms with E-state index in [0.29, 0.717) is 43.6 Å². The lowest BCUT2D eigenvalue weighted by atomic mass is 9.77. The van der Waals surface area contributed by atoms with Gasteiger partial charge in [-0.15, -0.1) is 0 Å². The molecule has 0 bridgehead atoms. The van der Waals surface area contributed by atoms with E-state index >= 15 is 0 Å². The van der Waals surface area contributed by atoms with E-state index in [-0.39, 0.29) is 24.3 Å². The average molecular weight is 389 g/mol. The van der Waals surface area contributed by atoms with E-state index in [0.717, 1.165) is 30.6 Å². The first-order chi connectivity index (χ1) is 13.4. The molecule has 3 fully saturated rings. The fraction of sp³-hybridized carbons (Fsp3) is 0.737. The zero-order chi connectivity index (χ0) is 19.9. The number of rotatable bonds is 3. The molecule has 3 aliphatic rings. The molecular formula is C19H27N5O4. The quantitative estimate of drug-likeness (QED) is 0.787. The maximum atomic E-state index is 12.9. The van der Waals surface area contributed by atoms with Crippen molar-refractivity contribution in [3.63, 3.8) is 0 Å². The summed E-state index contributed by atoms with van der Waals surface area (Å²) in [6.45, 7) is 4.78. The number of imide groups is 1. The van der Waals surface area contributed by atoms with E-state index in [1.54, 1.807) is 11.8 Å². The Kier molecular flexibility index (Phi) is 4.84. The predicted molar refractivity (Wildman–Crippen MR) is 98.2 cm³/mol. The maximum Gasteiger partial charge on any atom is 0.325 e. The average Bonchev–Trinajstić information content (AvgIpc) is 3.22. The summed E-state index contributed by atoms with van der Waals surface area (Å²) in [4.78, 5) is 45.3. The number of piperidine rings is 1. The fourth-order valence-corrected chi connectivity index (χ4v) is 4.53. The maximum absolute atomic E-state index is 12.9. The summed E-state index contributed by atoms with van der Waals surface area (Å²) in [7, 11) is 0. The van der Waals surface area contributed by atoms with E-state index in [1.807, 2.05) is 0 Å². The summed E-state index contributed by atoms with van der Waals surface area (Å²) in [6.07, 6.45) is 4.80. The molecule has 1 aliphatic carbocycles. The molecule has 1 aromatic heterocycles. The molecule has 9 nitrogen and oxygen atoms in total. The van der Waals surface area contributed by atoms with Crippen LogP contribution in [0.2, 0.25) is 0 Å². The number of hydrogen-bond acceptors (Lipinski definition) is 6. The number of carbonyl (C=O) groups is 3. The third kappa shape index (κ3) is 3.38. The van der Waals surface area contributed by atoms with Crippen molar-refractivity contribution in [2.45, 2.75) is 63.8 Å². The summed E-state index contributed by atoms with van der Waals surface area (Å²) < 4.78 is 5.26. The second-order valence-electron chi connectivity index (χ2n) is 8.44. The van der Waals surface area contributed by atoms with Crippen LogP contribution in [0.1, 0.15) is 63.1 Å². The number of nitrogens with one attached hydrogen (secondary N) is 1. The van der Waals surface area contributed by atoms with Gasteiger partial charge in [0, 0.05) is 13.1 Å². The van der Waals surface area contributed by atoms with Crippen LogP contribution in [0.4, 0.5) is 4.79 Å². The Morgan fingerprint density at radius 1 is 1.29 bits per heavy atom. The van der Waals surface area contributed by atoms with Crippen molar-refractivity contribution in [1.29, 1.82) is 0 Å². The highest BCUT2D eigenvalue weighted by Crippen LogP contribution is 2.36. The molecule has 28 heavy (non-hydrogen) atoms. The second-order valence-corrected chi connectivity index (χ2v) is 8.44. The molecule has 3 heterocycles. The van der Waals surface area contributed by atoms with Gasteiger partial charge >= 0.3 is 6.03 Å². The van der Waals surface area contributed by atoms with Gasteiger partial charge in [0.15, 0.2) is 5.82 Å². The summed E-state index contributed by atoms with van der Waals surface area (Å²) in [5.74, 6) is 1.20. The SMILES string of the molecule is Cc1noc(C2CCCN(C(=O)CN3C(=O)NC4(CCC(C)CC4)C3=O)C2)n1. The van der Waals surface area contributed by atoms with Gasteiger partial charge in [-0.05, 0) is 51.4 Å². The van der Waals surface area contributed by atoms with Crippen LogP contribution in [0.15, 0.2) is 4.52 Å². The van der Waals surface area contributed by atoms with Crippen molar-refractivity contribution in [2.24, 2.45) is 5.92 Å². The molecule has 1 spiro atoms. The third-order valence-electron chi connectivity index (χ3n) is 6.33. The van der Waals surface area contributed by atoms with Gasteiger partial charge in [-0.25, -0.2) is 4.79 Å². The summed E-state index contributed by atoms with van der Waals surface area (Å²) >= 11 is 0. The van der Waals surface area contributed by atoms with Gasteiger partial charge in [-0.1, -0.05) is 12.1 Å². The molecule has 1 unspecified atom stereocenters. The zero-order valence-corrected chi connectivity index (χ0v) is 16.4. The summed E-state index contributed by atoms with van der Waals surface area (Å²) in [5, 5.41) is 6.69. The first-order valence-electron chi connectivity index (χ1n) is 10.1. The van der Waals surface area contributed by atoms with E-state index in [9.17, 15) is 14.4 Å². The fourth-order valence-electron chi connectivity index (χ4n) is 4.53. The lowest BCUT2D eigenvalue weighted by Crippen LogP contribution is -2.50. The highest BCUT2D eigenvalue weighted by molar-refractivity contribution is 6.09. The zero-order valence-electron chi connectivity index (χ0n) is 16.4. The van der Waals surface area contributed by atoms with Crippen molar-refractivity contribution in [3.05, 3.63) is 11.7 Å². The van der Waals surface area contributed by atoms with Crippen molar-refractivity contribution >= 4 is 17.8 Å². The van der Waals surface area contributed by atoms with Crippen LogP contribution in [0.3, 0.4) is 0 Å². The van der Waals surface area contributed by atoms with E-state index in [2.05, 4.69) is 22.4 Å². The van der Waals surface area contributed by atoms with E-state index < -0.39 is 11.6 Å². The number of aromatic nitrogens is 2. The minimum absolute atomic E-state index is 0.00631. The normalized spacial score (nSPS) is 30.8. The molecule has 9 heteroatoms. The number of nitrogens with zero attached hydrogens (tertiary/aromatic N) is 4. The van der Waals surface area contributed by atoms with Gasteiger partial charge in [0.2, 0.25) is 11.8 Å². The first-order valence-corrected chi connectivity index (χ1v) is 10.1. The number of carbonyl (C=O) groups excluding carboxylic acids is 3. The Morgan fingerprint density at radius 3 is 2.71 bits per heavy atom. The molecule has 1 atom stereocenters. The van der Waals surface area contributed by atoms with Crippen LogP contribution in [0.25, 0.3) is 0 Å². The molecule has 2 aliphatic heterocycles. The van der Waals surface area contributed by atoms with Gasteiger partial charge in [-0.2, -0.15) is 4.98 Å². The number of likely N-dealkylation sites (tertiary alicyclic amines) is 1. The topological polar surface area (TPSA) is 109 Å². The molecule has 1 aromatic rings. The monoisotopic (exact) mass is 389 g/mol. The Morgan fingerprint density at radius 2 is 2.04 bits per heavy atom. The third-order valence-corrected chi connectivity index (χ3v) is 6.33. The van der Waals surface area contributed by atoms with Gasteiger partial charge in [0.1, 0.15) is 12.1 Å². The van der Waals surface area contributed by atoms with Crippen molar-refractivity contribution in [3.8, 4) is 0 Å². The first kappa shape index (κ1) is 18.9. The minimum atomic E-state index is -0.810. The number of hydrogen-bond donors (Lipinski definition) is 1. The lowest BCUT2D eigenvalue weighted by molar-refractivity contribution is -0.140. The smallest absolute Gasteiger partial charge is 0.325 e. The lowest BCUT2D eigenvalue weighted by Gasteiger charge is -2.34. The Balaban J connectivity index is 1.40. The molecule has 152 valence electrons. The van der Waals surface area contributed by atoms with Crippen molar-refractivity contribution in [1.82, 2.24) is 25.3 Å². The van der Waals surface area contributed by atoms with Crippen LogP contribution in [-0.2, 0) is 9.59 Å². The van der Waals surface area contributed by atoms with Crippen LogP contribution in [0, 0.1) is 12.8 Å². The Hall–Kier alpha value is -2.45. The molecule has 1 saturated carbocycles. The molecule has 4 rings (SSSR count). The van der Waals surface area contributed by atoms with Gasteiger partial charge < -0.3 is 14.7 Å².